The van der Waals surface area contributed by atoms with Gasteiger partial charge in [-0.1, -0.05) is 13.8 Å². The molecule has 1 aromatic heterocycles. The average molecular weight is 307 g/mol. The van der Waals surface area contributed by atoms with E-state index in [1.807, 2.05) is 11.6 Å². The maximum atomic E-state index is 12.7. The van der Waals surface area contributed by atoms with Crippen LogP contribution >= 0.6 is 0 Å². The lowest BCUT2D eigenvalue weighted by molar-refractivity contribution is -0.143. The van der Waals surface area contributed by atoms with Gasteiger partial charge in [-0.15, -0.1) is 0 Å². The minimum Gasteiger partial charge on any atom is -0.481 e. The Bertz CT molecular complexity index is 549. The number of hydrogen-bond donors (Lipinski definition) is 1. The Morgan fingerprint density at radius 1 is 1.41 bits per heavy atom. The first-order valence-corrected chi connectivity index (χ1v) is 8.05. The molecule has 6 heteroatoms. The smallest absolute Gasteiger partial charge is 0.308 e. The molecular weight excluding hydrogens is 282 g/mol. The molecule has 0 saturated carbocycles. The van der Waals surface area contributed by atoms with Crippen molar-refractivity contribution >= 4 is 11.9 Å². The Balaban J connectivity index is 2.18. The number of amides is 1. The highest BCUT2D eigenvalue weighted by Gasteiger charge is 2.30. The summed E-state index contributed by atoms with van der Waals surface area (Å²) in [6.07, 6.45) is 4.95. The lowest BCUT2D eigenvalue weighted by Crippen LogP contribution is -2.42. The minimum atomic E-state index is -0.818. The number of carboxylic acids is 1. The molecule has 0 radical (unpaired) electrons. The fourth-order valence-electron chi connectivity index (χ4n) is 3.17. The number of aromatic nitrogens is 2. The summed E-state index contributed by atoms with van der Waals surface area (Å²) in [6.45, 7) is 7.05. The van der Waals surface area contributed by atoms with Crippen LogP contribution in [0.2, 0.25) is 0 Å². The third-order valence-corrected chi connectivity index (χ3v) is 4.62. The molecule has 2 heterocycles. The van der Waals surface area contributed by atoms with Gasteiger partial charge in [0, 0.05) is 18.8 Å². The fraction of sp³-hybridized carbons (Fsp3) is 0.688. The molecule has 1 fully saturated rings. The number of carbonyl (C=O) groups excluding carboxylic acids is 1. The molecule has 1 aliphatic rings. The molecule has 0 bridgehead atoms. The van der Waals surface area contributed by atoms with E-state index in [-0.39, 0.29) is 5.91 Å². The molecule has 22 heavy (non-hydrogen) atoms. The number of aliphatic carboxylic acids is 1. The van der Waals surface area contributed by atoms with Gasteiger partial charge < -0.3 is 10.0 Å². The average Bonchev–Trinajstić information content (AvgIpc) is 2.90. The Hall–Kier alpha value is -1.85. The molecule has 1 amide bonds. The zero-order valence-corrected chi connectivity index (χ0v) is 13.6. The van der Waals surface area contributed by atoms with Crippen LogP contribution in [0.25, 0.3) is 0 Å². The predicted molar refractivity (Wildman–Crippen MR) is 82.8 cm³/mol. The highest BCUT2D eigenvalue weighted by Crippen LogP contribution is 2.23. The SMILES string of the molecule is CCC(CC)n1ncc(C(=O)N2CCCC(C(=O)O)C2)c1C. The molecule has 0 aromatic carbocycles. The van der Waals surface area contributed by atoms with E-state index in [0.717, 1.165) is 25.0 Å². The molecule has 1 N–H and O–H groups in total. The first-order chi connectivity index (χ1) is 10.5. The van der Waals surface area contributed by atoms with Crippen LogP contribution in [0.4, 0.5) is 0 Å². The van der Waals surface area contributed by atoms with Crippen molar-refractivity contribution in [2.24, 2.45) is 5.92 Å². The van der Waals surface area contributed by atoms with Crippen molar-refractivity contribution in [2.75, 3.05) is 13.1 Å². The third-order valence-electron chi connectivity index (χ3n) is 4.62. The van der Waals surface area contributed by atoms with Gasteiger partial charge in [0.05, 0.1) is 23.7 Å². The maximum Gasteiger partial charge on any atom is 0.308 e. The monoisotopic (exact) mass is 307 g/mol. The zero-order valence-electron chi connectivity index (χ0n) is 13.6. The van der Waals surface area contributed by atoms with Crippen LogP contribution in [0.3, 0.4) is 0 Å². The van der Waals surface area contributed by atoms with Crippen molar-refractivity contribution < 1.29 is 14.7 Å². The quantitative estimate of drug-likeness (QED) is 0.907. The number of rotatable bonds is 5. The van der Waals surface area contributed by atoms with Gasteiger partial charge in [-0.2, -0.15) is 5.10 Å². The molecule has 2 rings (SSSR count). The number of carbonyl (C=O) groups is 2. The van der Waals surface area contributed by atoms with Gasteiger partial charge in [-0.05, 0) is 32.6 Å². The lowest BCUT2D eigenvalue weighted by atomic mass is 9.97. The third kappa shape index (κ3) is 3.15. The van der Waals surface area contributed by atoms with E-state index in [2.05, 4.69) is 18.9 Å². The minimum absolute atomic E-state index is 0.0966. The van der Waals surface area contributed by atoms with Gasteiger partial charge in [-0.25, -0.2) is 0 Å². The second-order valence-corrected chi connectivity index (χ2v) is 5.99. The number of nitrogens with zero attached hydrogens (tertiary/aromatic N) is 3. The summed E-state index contributed by atoms with van der Waals surface area (Å²) in [5.41, 5.74) is 1.47. The molecule has 122 valence electrons. The van der Waals surface area contributed by atoms with Crippen LogP contribution in [-0.4, -0.2) is 44.8 Å². The largest absolute Gasteiger partial charge is 0.481 e. The summed E-state index contributed by atoms with van der Waals surface area (Å²) in [5.74, 6) is -1.37. The second kappa shape index (κ2) is 6.94. The Morgan fingerprint density at radius 2 is 2.09 bits per heavy atom. The predicted octanol–water partition coefficient (Wildman–Crippen LogP) is 2.49. The molecule has 6 nitrogen and oxygen atoms in total. The van der Waals surface area contributed by atoms with Crippen LogP contribution in [-0.2, 0) is 4.79 Å². The normalized spacial score (nSPS) is 18.7. The van der Waals surface area contributed by atoms with Crippen LogP contribution in [0.15, 0.2) is 6.20 Å². The van der Waals surface area contributed by atoms with E-state index < -0.39 is 11.9 Å². The van der Waals surface area contributed by atoms with Crippen molar-refractivity contribution in [1.29, 1.82) is 0 Å². The van der Waals surface area contributed by atoms with Gasteiger partial charge >= 0.3 is 5.97 Å². The van der Waals surface area contributed by atoms with Crippen LogP contribution in [0.5, 0.6) is 0 Å². The first kappa shape index (κ1) is 16.5. The van der Waals surface area contributed by atoms with Crippen molar-refractivity contribution in [3.8, 4) is 0 Å². The Labute approximate surface area is 131 Å². The van der Waals surface area contributed by atoms with Gasteiger partial charge in [0.1, 0.15) is 0 Å². The first-order valence-electron chi connectivity index (χ1n) is 8.05. The molecule has 1 aromatic rings. The van der Waals surface area contributed by atoms with Crippen molar-refractivity contribution in [1.82, 2.24) is 14.7 Å². The van der Waals surface area contributed by atoms with E-state index in [4.69, 9.17) is 5.11 Å². The Kier molecular flexibility index (Phi) is 5.21. The van der Waals surface area contributed by atoms with E-state index in [9.17, 15) is 9.59 Å². The highest BCUT2D eigenvalue weighted by molar-refractivity contribution is 5.95. The molecule has 0 aliphatic carbocycles. The summed E-state index contributed by atoms with van der Waals surface area (Å²) in [6, 6.07) is 0.301. The molecule has 1 aliphatic heterocycles. The summed E-state index contributed by atoms with van der Waals surface area (Å²) in [7, 11) is 0. The van der Waals surface area contributed by atoms with Gasteiger partial charge in [0.2, 0.25) is 0 Å². The summed E-state index contributed by atoms with van der Waals surface area (Å²) in [4.78, 5) is 25.5. The number of likely N-dealkylation sites (tertiary alicyclic amines) is 1. The second-order valence-electron chi connectivity index (χ2n) is 5.99. The van der Waals surface area contributed by atoms with Crippen LogP contribution < -0.4 is 0 Å². The summed E-state index contributed by atoms with van der Waals surface area (Å²) < 4.78 is 1.92. The van der Waals surface area contributed by atoms with Gasteiger partial charge in [0.25, 0.3) is 5.91 Å². The molecule has 0 spiro atoms. The number of carboxylic acid groups (broad SMARTS) is 1. The summed E-state index contributed by atoms with van der Waals surface area (Å²) in [5, 5.41) is 13.5. The standard InChI is InChI=1S/C16H25N3O3/c1-4-13(5-2)19-11(3)14(9-17-19)15(20)18-8-6-7-12(10-18)16(21)22/h9,12-13H,4-8,10H2,1-3H3,(H,21,22). The summed E-state index contributed by atoms with van der Waals surface area (Å²) >= 11 is 0. The lowest BCUT2D eigenvalue weighted by Gasteiger charge is -2.30. The van der Waals surface area contributed by atoms with Crippen LogP contribution in [0.1, 0.15) is 61.6 Å². The van der Waals surface area contributed by atoms with Crippen molar-refractivity contribution in [3.63, 3.8) is 0 Å². The number of piperidine rings is 1. The van der Waals surface area contributed by atoms with E-state index in [0.29, 0.717) is 31.1 Å². The van der Waals surface area contributed by atoms with E-state index in [1.54, 1.807) is 11.1 Å². The van der Waals surface area contributed by atoms with Crippen molar-refractivity contribution in [2.45, 2.75) is 52.5 Å². The molecular formula is C16H25N3O3. The van der Waals surface area contributed by atoms with E-state index in [1.165, 1.54) is 0 Å². The molecule has 1 saturated heterocycles. The van der Waals surface area contributed by atoms with Gasteiger partial charge in [0.15, 0.2) is 0 Å². The maximum absolute atomic E-state index is 12.7. The topological polar surface area (TPSA) is 75.4 Å². The molecule has 1 atom stereocenters. The van der Waals surface area contributed by atoms with Gasteiger partial charge in [-0.3, -0.25) is 14.3 Å². The van der Waals surface area contributed by atoms with Crippen molar-refractivity contribution in [3.05, 3.63) is 17.5 Å². The Morgan fingerprint density at radius 3 is 2.68 bits per heavy atom. The van der Waals surface area contributed by atoms with E-state index >= 15 is 0 Å². The van der Waals surface area contributed by atoms with Crippen LogP contribution in [0, 0.1) is 12.8 Å². The fourth-order valence-corrected chi connectivity index (χ4v) is 3.17. The highest BCUT2D eigenvalue weighted by atomic mass is 16.4. The zero-order chi connectivity index (χ0) is 16.3. The number of hydrogen-bond acceptors (Lipinski definition) is 3. The molecule has 1 unspecified atom stereocenters.